The van der Waals surface area contributed by atoms with Crippen molar-refractivity contribution in [3.63, 3.8) is 0 Å². The minimum atomic E-state index is -0.870. The Morgan fingerprint density at radius 1 is 0.688 bits per heavy atom. The van der Waals surface area contributed by atoms with Gasteiger partial charge in [-0.05, 0) is 115 Å². The molecule has 0 bridgehead atoms. The van der Waals surface area contributed by atoms with Gasteiger partial charge in [-0.15, -0.1) is 68.5 Å². The fraction of sp³-hybridized carbons (Fsp3) is 0.448. The zero-order valence-electron chi connectivity index (χ0n) is 25.6. The number of aliphatic hydroxyl groups excluding tert-OH is 1. The SMILES string of the molecule is CCOC(=O)CCCCO.CCOC(=O)CCCCOC(=O)c1cc2c(Br)sc(Br)c2s1.ClCCl.O=C(O)c1cc2c(Br)sc(Br)c2s1. The fourth-order valence-electron chi connectivity index (χ4n) is 3.39. The topological polar surface area (TPSA) is 136 Å². The van der Waals surface area contributed by atoms with Crippen LogP contribution >= 0.6 is 132 Å². The lowest BCUT2D eigenvalue weighted by atomic mass is 10.2. The highest BCUT2D eigenvalue weighted by atomic mass is 79.9. The van der Waals surface area contributed by atoms with Gasteiger partial charge in [0, 0.05) is 30.2 Å². The summed E-state index contributed by atoms with van der Waals surface area (Å²) in [7, 11) is 0. The summed E-state index contributed by atoms with van der Waals surface area (Å²) in [5.41, 5.74) is 0. The Kier molecular flexibility index (Phi) is 24.4. The lowest BCUT2D eigenvalue weighted by Gasteiger charge is -2.03. The Bertz CT molecular complexity index is 1540. The molecule has 0 aliphatic carbocycles. The first-order valence-electron chi connectivity index (χ1n) is 14.0. The van der Waals surface area contributed by atoms with Gasteiger partial charge in [0.15, 0.2) is 0 Å². The largest absolute Gasteiger partial charge is 0.477 e. The molecule has 9 nitrogen and oxygen atoms in total. The minimum Gasteiger partial charge on any atom is -0.477 e. The molecule has 0 fully saturated rings. The van der Waals surface area contributed by atoms with Crippen LogP contribution < -0.4 is 0 Å². The summed E-state index contributed by atoms with van der Waals surface area (Å²) in [5, 5.41) is 19.3. The van der Waals surface area contributed by atoms with E-state index in [2.05, 4.69) is 68.5 Å². The quantitative estimate of drug-likeness (QED) is 0.0580. The van der Waals surface area contributed by atoms with Gasteiger partial charge in [-0.3, -0.25) is 9.59 Å². The van der Waals surface area contributed by atoms with Gasteiger partial charge in [0.2, 0.25) is 0 Å². The highest BCUT2D eigenvalue weighted by molar-refractivity contribution is 9.12. The first kappa shape index (κ1) is 45.7. The Hall–Kier alpha value is -0.340. The van der Waals surface area contributed by atoms with Crippen molar-refractivity contribution < 1.29 is 43.6 Å². The molecule has 19 heteroatoms. The minimum absolute atomic E-state index is 0.152. The van der Waals surface area contributed by atoms with Crippen molar-refractivity contribution in [3.05, 3.63) is 37.0 Å². The van der Waals surface area contributed by atoms with E-state index in [1.165, 1.54) is 22.7 Å². The number of aromatic carboxylic acids is 1. The molecule has 4 heterocycles. The van der Waals surface area contributed by atoms with Crippen LogP contribution in [-0.4, -0.2) is 65.9 Å². The van der Waals surface area contributed by atoms with Crippen molar-refractivity contribution in [1.29, 1.82) is 0 Å². The predicted octanol–water partition coefficient (Wildman–Crippen LogP) is 11.7. The number of alkyl halides is 2. The van der Waals surface area contributed by atoms with Crippen molar-refractivity contribution in [2.75, 3.05) is 31.8 Å². The van der Waals surface area contributed by atoms with Crippen LogP contribution in [0.2, 0.25) is 0 Å². The molecule has 4 rings (SSSR count). The summed E-state index contributed by atoms with van der Waals surface area (Å²) >= 11 is 29.1. The molecular formula is C29H32Br4Cl2O9S4. The van der Waals surface area contributed by atoms with Gasteiger partial charge in [-0.25, -0.2) is 9.59 Å². The lowest BCUT2D eigenvalue weighted by molar-refractivity contribution is -0.144. The van der Waals surface area contributed by atoms with Gasteiger partial charge in [0.25, 0.3) is 0 Å². The van der Waals surface area contributed by atoms with E-state index in [1.807, 2.05) is 6.07 Å². The number of carboxylic acid groups (broad SMARTS) is 1. The van der Waals surface area contributed by atoms with Crippen LogP contribution in [0.1, 0.15) is 71.7 Å². The number of unbranched alkanes of at least 4 members (excludes halogenated alkanes) is 2. The Morgan fingerprint density at radius 3 is 1.54 bits per heavy atom. The van der Waals surface area contributed by atoms with Crippen LogP contribution in [0, 0.1) is 0 Å². The van der Waals surface area contributed by atoms with Gasteiger partial charge in [0.05, 0.1) is 49.7 Å². The highest BCUT2D eigenvalue weighted by Crippen LogP contribution is 2.44. The first-order chi connectivity index (χ1) is 22.8. The highest BCUT2D eigenvalue weighted by Gasteiger charge is 2.17. The molecule has 2 N–H and O–H groups in total. The molecule has 4 aromatic rings. The van der Waals surface area contributed by atoms with Crippen LogP contribution in [0.5, 0.6) is 0 Å². The maximum Gasteiger partial charge on any atom is 0.348 e. The molecule has 0 radical (unpaired) electrons. The lowest BCUT2D eigenvalue weighted by Crippen LogP contribution is -2.07. The molecule has 0 atom stereocenters. The van der Waals surface area contributed by atoms with E-state index in [1.54, 1.807) is 42.6 Å². The van der Waals surface area contributed by atoms with E-state index in [0.717, 1.165) is 41.7 Å². The number of aliphatic hydroxyl groups is 1. The first-order valence-corrected chi connectivity index (χ1v) is 21.5. The summed E-state index contributed by atoms with van der Waals surface area (Å²) < 4.78 is 20.7. The molecule has 268 valence electrons. The Morgan fingerprint density at radius 2 is 1.12 bits per heavy atom. The average Bonchev–Trinajstić information content (AvgIpc) is 3.79. The van der Waals surface area contributed by atoms with Gasteiger partial charge >= 0.3 is 23.9 Å². The molecule has 0 amide bonds. The molecule has 0 saturated carbocycles. The number of hydrogen-bond donors (Lipinski definition) is 2. The van der Waals surface area contributed by atoms with Crippen LogP contribution in [0.4, 0.5) is 0 Å². The van der Waals surface area contributed by atoms with Gasteiger partial charge in [-0.1, -0.05) is 0 Å². The average molecular weight is 1040 g/mol. The van der Waals surface area contributed by atoms with Crippen LogP contribution in [0.3, 0.4) is 0 Å². The van der Waals surface area contributed by atoms with E-state index in [-0.39, 0.29) is 29.9 Å². The number of esters is 3. The number of carboxylic acids is 1. The number of carbonyl (C=O) groups is 4. The maximum atomic E-state index is 12.0. The summed E-state index contributed by atoms with van der Waals surface area (Å²) in [5.74, 6) is -1.57. The maximum absolute atomic E-state index is 12.0. The Labute approximate surface area is 337 Å². The van der Waals surface area contributed by atoms with E-state index in [0.29, 0.717) is 61.7 Å². The summed E-state index contributed by atoms with van der Waals surface area (Å²) in [6, 6.07) is 3.53. The second kappa shape index (κ2) is 25.6. The van der Waals surface area contributed by atoms with E-state index >= 15 is 0 Å². The monoisotopic (exact) mass is 1040 g/mol. The van der Waals surface area contributed by atoms with Crippen molar-refractivity contribution in [2.45, 2.75) is 52.4 Å². The predicted molar refractivity (Wildman–Crippen MR) is 212 cm³/mol. The van der Waals surface area contributed by atoms with Crippen LogP contribution in [0.25, 0.3) is 20.2 Å². The second-order valence-electron chi connectivity index (χ2n) is 8.80. The molecular weight excluding hydrogens is 1010 g/mol. The van der Waals surface area contributed by atoms with Gasteiger partial charge in [0.1, 0.15) is 9.75 Å². The summed E-state index contributed by atoms with van der Waals surface area (Å²) in [6.07, 6.45) is 3.49. The van der Waals surface area contributed by atoms with E-state index < -0.39 is 5.97 Å². The smallest absolute Gasteiger partial charge is 0.348 e. The van der Waals surface area contributed by atoms with Gasteiger partial charge < -0.3 is 24.4 Å². The number of hydrogen-bond acceptors (Lipinski definition) is 12. The van der Waals surface area contributed by atoms with Crippen molar-refractivity contribution in [3.8, 4) is 0 Å². The van der Waals surface area contributed by atoms with E-state index in [4.69, 9.17) is 42.9 Å². The zero-order valence-corrected chi connectivity index (χ0v) is 36.7. The third-order valence-electron chi connectivity index (χ3n) is 5.42. The van der Waals surface area contributed by atoms with Gasteiger partial charge in [-0.2, -0.15) is 0 Å². The fourth-order valence-corrected chi connectivity index (χ4v) is 12.0. The molecule has 0 aliphatic heterocycles. The molecule has 0 aromatic carbocycles. The zero-order chi connectivity index (χ0) is 36.2. The number of ether oxygens (including phenoxy) is 3. The molecule has 4 aromatic heterocycles. The number of thiophene rings is 4. The summed E-state index contributed by atoms with van der Waals surface area (Å²) in [6.45, 7) is 4.86. The number of fused-ring (bicyclic) bond motifs is 2. The molecule has 0 saturated heterocycles. The van der Waals surface area contributed by atoms with Crippen molar-refractivity contribution in [1.82, 2.24) is 0 Å². The van der Waals surface area contributed by atoms with E-state index in [9.17, 15) is 19.2 Å². The standard InChI is InChI=1S/C14H14Br2O4S2.C7H2Br2O2S2.C7H14O3.CH2Cl2/c1-2-19-10(17)5-3-4-6-20-14(18)9-7-8-11(21-9)13(16)22-12(8)15;8-5-2-1-3(7(10)11)12-4(2)6(9)13-5;1-2-10-7(9)5-3-4-6-8;2-1-3/h7H,2-6H2,1H3;1H,(H,10,11);8H,2-6H2,1H3;1H2. The second-order valence-corrected chi connectivity index (χ2v) is 19.0. The number of rotatable bonds is 13. The summed E-state index contributed by atoms with van der Waals surface area (Å²) in [4.78, 5) is 45.4. The van der Waals surface area contributed by atoms with Crippen LogP contribution in [-0.2, 0) is 23.8 Å². The van der Waals surface area contributed by atoms with Crippen LogP contribution in [0.15, 0.2) is 27.3 Å². The van der Waals surface area contributed by atoms with Crippen molar-refractivity contribution >= 4 is 176 Å². The normalized spacial score (nSPS) is 10.3. The van der Waals surface area contributed by atoms with Crippen molar-refractivity contribution in [2.24, 2.45) is 0 Å². The molecule has 0 spiro atoms. The Balaban J connectivity index is 0.000000376. The number of halogens is 6. The molecule has 48 heavy (non-hydrogen) atoms. The third-order valence-corrected chi connectivity index (χ3v) is 13.6. The molecule has 0 unspecified atom stereocenters. The number of carbonyl (C=O) groups excluding carboxylic acids is 3. The third kappa shape index (κ3) is 16.3. The molecule has 0 aliphatic rings.